The van der Waals surface area contributed by atoms with Gasteiger partial charge in [0.25, 0.3) is 5.91 Å². The van der Waals surface area contributed by atoms with Crippen molar-refractivity contribution in [3.63, 3.8) is 0 Å². The smallest absolute Gasteiger partial charge is 0.277 e. The molecule has 2 amide bonds. The zero-order valence-corrected chi connectivity index (χ0v) is 17.4. The predicted molar refractivity (Wildman–Crippen MR) is 119 cm³/mol. The van der Waals surface area contributed by atoms with Gasteiger partial charge >= 0.3 is 0 Å². The molecular formula is C25H26N4O2. The lowest BCUT2D eigenvalue weighted by molar-refractivity contribution is -0.123. The summed E-state index contributed by atoms with van der Waals surface area (Å²) in [6.07, 6.45) is 10.2. The molecule has 0 unspecified atom stereocenters. The van der Waals surface area contributed by atoms with Crippen LogP contribution in [-0.4, -0.2) is 27.8 Å². The second-order valence-corrected chi connectivity index (χ2v) is 7.75. The number of aromatic nitrogens is 2. The van der Waals surface area contributed by atoms with Gasteiger partial charge in [0.15, 0.2) is 0 Å². The molecule has 1 N–H and O–H groups in total. The highest BCUT2D eigenvalue weighted by atomic mass is 16.2. The molecule has 1 fully saturated rings. The highest BCUT2D eigenvalue weighted by Gasteiger charge is 2.35. The van der Waals surface area contributed by atoms with Crippen LogP contribution < -0.4 is 10.2 Å². The average molecular weight is 415 g/mol. The van der Waals surface area contributed by atoms with E-state index < -0.39 is 6.04 Å². The van der Waals surface area contributed by atoms with Gasteiger partial charge in [-0.25, -0.2) is 0 Å². The van der Waals surface area contributed by atoms with Gasteiger partial charge in [0.2, 0.25) is 5.91 Å². The van der Waals surface area contributed by atoms with E-state index in [2.05, 4.69) is 15.3 Å². The molecule has 1 saturated carbocycles. The number of pyridine rings is 2. The molecule has 6 heteroatoms. The summed E-state index contributed by atoms with van der Waals surface area (Å²) in [5.74, 6) is -0.515. The van der Waals surface area contributed by atoms with Crippen LogP contribution in [0.5, 0.6) is 0 Å². The van der Waals surface area contributed by atoms with Crippen LogP contribution in [0.2, 0.25) is 0 Å². The van der Waals surface area contributed by atoms with Crippen LogP contribution in [0.25, 0.3) is 0 Å². The zero-order valence-electron chi connectivity index (χ0n) is 17.4. The Morgan fingerprint density at radius 2 is 1.58 bits per heavy atom. The standard InChI is InChI=1S/C25H26N4O2/c30-24(28-20-9-3-1-4-10-20)23(19-14-17-26-18-15-19)29(21-11-5-2-6-12-21)25(31)22-13-7-8-16-27-22/h2,5-8,11-18,20,23H,1,3-4,9-10H2,(H,28,30)/t23-/m0/s1. The molecule has 1 aliphatic carbocycles. The second-order valence-electron chi connectivity index (χ2n) is 7.75. The molecule has 0 radical (unpaired) electrons. The largest absolute Gasteiger partial charge is 0.351 e. The van der Waals surface area contributed by atoms with Crippen LogP contribution in [0.3, 0.4) is 0 Å². The lowest BCUT2D eigenvalue weighted by Gasteiger charge is -2.33. The summed E-state index contributed by atoms with van der Waals surface area (Å²) in [5, 5.41) is 3.20. The molecule has 158 valence electrons. The summed E-state index contributed by atoms with van der Waals surface area (Å²) < 4.78 is 0. The van der Waals surface area contributed by atoms with Gasteiger partial charge in [0.1, 0.15) is 11.7 Å². The normalized spacial score (nSPS) is 15.1. The van der Waals surface area contributed by atoms with Gasteiger partial charge in [-0.1, -0.05) is 43.5 Å². The van der Waals surface area contributed by atoms with Crippen molar-refractivity contribution in [3.8, 4) is 0 Å². The number of amides is 2. The lowest BCUT2D eigenvalue weighted by atomic mass is 9.94. The summed E-state index contributed by atoms with van der Waals surface area (Å²) in [6.45, 7) is 0. The Balaban J connectivity index is 1.76. The molecule has 2 heterocycles. The fourth-order valence-electron chi connectivity index (χ4n) is 4.08. The number of carbonyl (C=O) groups excluding carboxylic acids is 2. The van der Waals surface area contributed by atoms with E-state index in [1.165, 1.54) is 11.3 Å². The predicted octanol–water partition coefficient (Wildman–Crippen LogP) is 4.31. The summed E-state index contributed by atoms with van der Waals surface area (Å²) in [4.78, 5) is 37.1. The van der Waals surface area contributed by atoms with E-state index in [9.17, 15) is 9.59 Å². The van der Waals surface area contributed by atoms with E-state index in [4.69, 9.17) is 0 Å². The van der Waals surface area contributed by atoms with Gasteiger partial charge in [0.05, 0.1) is 0 Å². The van der Waals surface area contributed by atoms with Crippen molar-refractivity contribution in [2.75, 3.05) is 4.90 Å². The van der Waals surface area contributed by atoms with E-state index in [1.54, 1.807) is 48.9 Å². The van der Waals surface area contributed by atoms with Gasteiger partial charge in [-0.05, 0) is 54.8 Å². The number of hydrogen-bond donors (Lipinski definition) is 1. The summed E-state index contributed by atoms with van der Waals surface area (Å²) in [5.41, 5.74) is 1.63. The lowest BCUT2D eigenvalue weighted by Crippen LogP contribution is -2.47. The minimum absolute atomic E-state index is 0.133. The van der Waals surface area contributed by atoms with E-state index in [1.807, 2.05) is 30.3 Å². The van der Waals surface area contributed by atoms with E-state index in [0.29, 0.717) is 11.3 Å². The molecule has 6 nitrogen and oxygen atoms in total. The van der Waals surface area contributed by atoms with Crippen molar-refractivity contribution in [1.29, 1.82) is 0 Å². The maximum absolute atomic E-state index is 13.6. The van der Waals surface area contributed by atoms with Crippen molar-refractivity contribution in [2.45, 2.75) is 44.2 Å². The minimum Gasteiger partial charge on any atom is -0.351 e. The number of para-hydroxylation sites is 1. The summed E-state index contributed by atoms with van der Waals surface area (Å²) in [7, 11) is 0. The SMILES string of the molecule is O=C(NC1CCCCC1)[C@H](c1ccncc1)N(C(=O)c1ccccn1)c1ccccc1. The van der Waals surface area contributed by atoms with Crippen molar-refractivity contribution in [1.82, 2.24) is 15.3 Å². The molecule has 31 heavy (non-hydrogen) atoms. The summed E-state index contributed by atoms with van der Waals surface area (Å²) in [6, 6.07) is 17.3. The Morgan fingerprint density at radius 1 is 0.871 bits per heavy atom. The Hall–Kier alpha value is -3.54. The first-order valence-corrected chi connectivity index (χ1v) is 10.7. The third-order valence-corrected chi connectivity index (χ3v) is 5.62. The first kappa shape index (κ1) is 20.7. The van der Waals surface area contributed by atoms with E-state index in [-0.39, 0.29) is 23.6 Å². The molecule has 3 aromatic rings. The van der Waals surface area contributed by atoms with Crippen LogP contribution in [0.1, 0.15) is 54.2 Å². The van der Waals surface area contributed by atoms with Gasteiger partial charge in [-0.2, -0.15) is 0 Å². The number of anilines is 1. The Labute approximate surface area is 182 Å². The zero-order chi connectivity index (χ0) is 21.5. The third kappa shape index (κ3) is 4.97. The molecule has 1 aromatic carbocycles. The molecule has 0 spiro atoms. The van der Waals surface area contributed by atoms with Crippen molar-refractivity contribution in [3.05, 3.63) is 90.5 Å². The molecule has 4 rings (SSSR count). The number of nitrogens with zero attached hydrogens (tertiary/aromatic N) is 3. The second kappa shape index (κ2) is 9.98. The highest BCUT2D eigenvalue weighted by molar-refractivity contribution is 6.09. The molecule has 1 atom stereocenters. The Kier molecular flexibility index (Phi) is 6.67. The molecule has 0 saturated heterocycles. The van der Waals surface area contributed by atoms with Gasteiger partial charge < -0.3 is 5.32 Å². The number of nitrogens with one attached hydrogen (secondary N) is 1. The first-order valence-electron chi connectivity index (χ1n) is 10.7. The molecular weight excluding hydrogens is 388 g/mol. The number of hydrogen-bond acceptors (Lipinski definition) is 4. The van der Waals surface area contributed by atoms with Crippen LogP contribution in [0, 0.1) is 0 Å². The van der Waals surface area contributed by atoms with Gasteiger partial charge in [-0.15, -0.1) is 0 Å². The maximum Gasteiger partial charge on any atom is 0.277 e. The van der Waals surface area contributed by atoms with Crippen molar-refractivity contribution >= 4 is 17.5 Å². The highest BCUT2D eigenvalue weighted by Crippen LogP contribution is 2.30. The van der Waals surface area contributed by atoms with Gasteiger partial charge in [-0.3, -0.25) is 24.5 Å². The number of carbonyl (C=O) groups is 2. The quantitative estimate of drug-likeness (QED) is 0.652. The van der Waals surface area contributed by atoms with Crippen molar-refractivity contribution in [2.24, 2.45) is 0 Å². The fraction of sp³-hybridized carbons (Fsp3) is 0.280. The topological polar surface area (TPSA) is 75.2 Å². The average Bonchev–Trinajstić information content (AvgIpc) is 2.84. The van der Waals surface area contributed by atoms with Crippen LogP contribution in [0.15, 0.2) is 79.3 Å². The third-order valence-electron chi connectivity index (χ3n) is 5.62. The first-order chi connectivity index (χ1) is 15.2. The Morgan fingerprint density at radius 3 is 2.26 bits per heavy atom. The van der Waals surface area contributed by atoms with Crippen LogP contribution >= 0.6 is 0 Å². The van der Waals surface area contributed by atoms with E-state index >= 15 is 0 Å². The minimum atomic E-state index is -0.832. The Bertz CT molecular complexity index is 990. The molecule has 1 aliphatic rings. The summed E-state index contributed by atoms with van der Waals surface area (Å²) >= 11 is 0. The fourth-order valence-corrected chi connectivity index (χ4v) is 4.08. The molecule has 2 aromatic heterocycles. The van der Waals surface area contributed by atoms with Crippen LogP contribution in [0.4, 0.5) is 5.69 Å². The van der Waals surface area contributed by atoms with Crippen LogP contribution in [-0.2, 0) is 4.79 Å². The monoisotopic (exact) mass is 414 g/mol. The van der Waals surface area contributed by atoms with Crippen molar-refractivity contribution < 1.29 is 9.59 Å². The molecule has 0 bridgehead atoms. The number of rotatable bonds is 6. The van der Waals surface area contributed by atoms with Gasteiger partial charge in [0, 0.05) is 30.3 Å². The molecule has 0 aliphatic heterocycles. The number of benzene rings is 1. The van der Waals surface area contributed by atoms with E-state index in [0.717, 1.165) is 25.7 Å². The maximum atomic E-state index is 13.6.